The largest absolute Gasteiger partial charge is 0.355 e. The Bertz CT molecular complexity index is 1040. The fourth-order valence-electron chi connectivity index (χ4n) is 2.57. The minimum Gasteiger partial charge on any atom is -0.355 e. The molecule has 0 aliphatic heterocycles. The Labute approximate surface area is 157 Å². The summed E-state index contributed by atoms with van der Waals surface area (Å²) in [4.78, 5) is 41.0. The van der Waals surface area contributed by atoms with Crippen LogP contribution in [0.2, 0.25) is 0 Å². The second kappa shape index (κ2) is 8.09. The molecule has 2 aromatic heterocycles. The summed E-state index contributed by atoms with van der Waals surface area (Å²) in [6.45, 7) is 1.84. The lowest BCUT2D eigenvalue weighted by atomic mass is 10.1. The molecule has 0 aliphatic carbocycles. The van der Waals surface area contributed by atoms with Gasteiger partial charge in [0.1, 0.15) is 17.2 Å². The van der Waals surface area contributed by atoms with Gasteiger partial charge in [-0.15, -0.1) is 11.3 Å². The second-order valence-electron chi connectivity index (χ2n) is 5.74. The van der Waals surface area contributed by atoms with Crippen LogP contribution in [0.15, 0.2) is 40.8 Å². The van der Waals surface area contributed by atoms with E-state index in [4.69, 9.17) is 0 Å². The van der Waals surface area contributed by atoms with Crippen LogP contribution in [0.1, 0.15) is 6.92 Å². The predicted molar refractivity (Wildman–Crippen MR) is 101 cm³/mol. The van der Waals surface area contributed by atoms with Gasteiger partial charge in [0.2, 0.25) is 11.8 Å². The molecule has 0 atom stereocenters. The molecule has 3 rings (SSSR count). The summed E-state index contributed by atoms with van der Waals surface area (Å²) in [6, 6.07) is 5.82. The Morgan fingerprint density at radius 2 is 1.93 bits per heavy atom. The van der Waals surface area contributed by atoms with Crippen molar-refractivity contribution in [2.24, 2.45) is 0 Å². The molecule has 2 heterocycles. The Balaban J connectivity index is 1.85. The highest BCUT2D eigenvalue weighted by atomic mass is 32.1. The number of carbonyl (C=O) groups excluding carboxylic acids is 2. The number of nitrogens with zero attached hydrogens (tertiary/aromatic N) is 2. The maximum atomic E-state index is 13.2. The smallest absolute Gasteiger partial charge is 0.263 e. The number of benzene rings is 1. The first-order valence-electron chi connectivity index (χ1n) is 8.25. The van der Waals surface area contributed by atoms with Gasteiger partial charge in [-0.1, -0.05) is 12.1 Å². The number of carbonyl (C=O) groups is 2. The molecule has 0 saturated carbocycles. The SMILES string of the molecule is CCNC(=O)CNC(=O)Cn1cnc2scc(-c3ccc(F)cc3)c2c1=O. The first-order chi connectivity index (χ1) is 13.0. The normalized spacial score (nSPS) is 10.7. The molecule has 0 fully saturated rings. The van der Waals surface area contributed by atoms with Crippen molar-refractivity contribution in [1.29, 1.82) is 0 Å². The summed E-state index contributed by atoms with van der Waals surface area (Å²) < 4.78 is 14.3. The van der Waals surface area contributed by atoms with Crippen molar-refractivity contribution in [3.63, 3.8) is 0 Å². The highest BCUT2D eigenvalue weighted by molar-refractivity contribution is 7.17. The number of rotatable bonds is 6. The Morgan fingerprint density at radius 3 is 2.63 bits per heavy atom. The zero-order valence-corrected chi connectivity index (χ0v) is 15.3. The lowest BCUT2D eigenvalue weighted by molar-refractivity contribution is -0.126. The van der Waals surface area contributed by atoms with Crippen LogP contribution >= 0.6 is 11.3 Å². The minimum absolute atomic E-state index is 0.156. The van der Waals surface area contributed by atoms with Gasteiger partial charge >= 0.3 is 0 Å². The molecule has 0 spiro atoms. The van der Waals surface area contributed by atoms with E-state index in [2.05, 4.69) is 15.6 Å². The van der Waals surface area contributed by atoms with Gasteiger partial charge in [-0.25, -0.2) is 9.37 Å². The van der Waals surface area contributed by atoms with Crippen molar-refractivity contribution in [1.82, 2.24) is 20.2 Å². The third kappa shape index (κ3) is 4.20. The van der Waals surface area contributed by atoms with E-state index in [1.54, 1.807) is 24.4 Å². The van der Waals surface area contributed by atoms with Gasteiger partial charge in [0.05, 0.1) is 18.3 Å². The number of halogens is 1. The quantitative estimate of drug-likeness (QED) is 0.670. The Morgan fingerprint density at radius 1 is 1.19 bits per heavy atom. The summed E-state index contributed by atoms with van der Waals surface area (Å²) in [6.07, 6.45) is 1.31. The van der Waals surface area contributed by atoms with Crippen LogP contribution in [0.4, 0.5) is 4.39 Å². The number of hydrogen-bond donors (Lipinski definition) is 2. The van der Waals surface area contributed by atoms with Gasteiger partial charge in [0, 0.05) is 17.5 Å². The van der Waals surface area contributed by atoms with Gasteiger partial charge in [-0.3, -0.25) is 19.0 Å². The molecule has 0 aliphatic rings. The lowest BCUT2D eigenvalue weighted by Crippen LogP contribution is -2.39. The van der Waals surface area contributed by atoms with Crippen molar-refractivity contribution in [3.05, 3.63) is 52.1 Å². The average Bonchev–Trinajstić information content (AvgIpc) is 3.08. The first kappa shape index (κ1) is 18.7. The Kier molecular flexibility index (Phi) is 5.60. The fourth-order valence-corrected chi connectivity index (χ4v) is 3.48. The zero-order chi connectivity index (χ0) is 19.4. The number of fused-ring (bicyclic) bond motifs is 1. The standard InChI is InChI=1S/C18H17FN4O3S/c1-2-20-14(24)7-21-15(25)8-23-10-22-17-16(18(23)26)13(9-27-17)11-3-5-12(19)6-4-11/h3-6,9-10H,2,7-8H2,1H3,(H,20,24)(H,21,25). The Hall–Kier alpha value is -3.07. The lowest BCUT2D eigenvalue weighted by Gasteiger charge is -2.08. The number of amides is 2. The van der Waals surface area contributed by atoms with Gasteiger partial charge < -0.3 is 10.6 Å². The van der Waals surface area contributed by atoms with Crippen LogP contribution in [-0.4, -0.2) is 34.5 Å². The van der Waals surface area contributed by atoms with Crippen LogP contribution < -0.4 is 16.2 Å². The topological polar surface area (TPSA) is 93.1 Å². The van der Waals surface area contributed by atoms with Crippen LogP contribution in [-0.2, 0) is 16.1 Å². The maximum absolute atomic E-state index is 13.2. The van der Waals surface area contributed by atoms with Crippen molar-refractivity contribution < 1.29 is 14.0 Å². The average molecular weight is 388 g/mol. The summed E-state index contributed by atoms with van der Waals surface area (Å²) in [5.74, 6) is -1.14. The number of hydrogen-bond acceptors (Lipinski definition) is 5. The molecule has 1 aromatic carbocycles. The molecule has 0 radical (unpaired) electrons. The zero-order valence-electron chi connectivity index (χ0n) is 14.5. The van der Waals surface area contributed by atoms with Gasteiger partial charge in [-0.2, -0.15) is 0 Å². The first-order valence-corrected chi connectivity index (χ1v) is 9.13. The van der Waals surface area contributed by atoms with E-state index in [0.717, 1.165) is 0 Å². The molecule has 2 amide bonds. The van der Waals surface area contributed by atoms with E-state index < -0.39 is 5.91 Å². The molecule has 9 heteroatoms. The van der Waals surface area contributed by atoms with E-state index in [1.165, 1.54) is 34.4 Å². The number of nitrogens with one attached hydrogen (secondary N) is 2. The molecule has 0 saturated heterocycles. The van der Waals surface area contributed by atoms with E-state index in [9.17, 15) is 18.8 Å². The highest BCUT2D eigenvalue weighted by Crippen LogP contribution is 2.30. The van der Waals surface area contributed by atoms with Crippen molar-refractivity contribution in [2.45, 2.75) is 13.5 Å². The van der Waals surface area contributed by atoms with E-state index in [-0.39, 0.29) is 30.4 Å². The molecule has 3 aromatic rings. The molecule has 140 valence electrons. The van der Waals surface area contributed by atoms with Crippen LogP contribution in [0.5, 0.6) is 0 Å². The van der Waals surface area contributed by atoms with Crippen molar-refractivity contribution in [2.75, 3.05) is 13.1 Å². The molecular formula is C18H17FN4O3S. The van der Waals surface area contributed by atoms with Crippen LogP contribution in [0.25, 0.3) is 21.3 Å². The third-order valence-electron chi connectivity index (χ3n) is 3.85. The summed E-state index contributed by atoms with van der Waals surface area (Å²) in [7, 11) is 0. The van der Waals surface area contributed by atoms with Crippen LogP contribution in [0.3, 0.4) is 0 Å². The third-order valence-corrected chi connectivity index (χ3v) is 4.74. The molecule has 0 bridgehead atoms. The van der Waals surface area contributed by atoms with E-state index in [0.29, 0.717) is 27.9 Å². The van der Waals surface area contributed by atoms with Crippen LogP contribution in [0, 0.1) is 5.82 Å². The van der Waals surface area contributed by atoms with Crippen molar-refractivity contribution in [3.8, 4) is 11.1 Å². The minimum atomic E-state index is -0.469. The number of thiophene rings is 1. The van der Waals surface area contributed by atoms with Gasteiger partial charge in [0.25, 0.3) is 5.56 Å². The van der Waals surface area contributed by atoms with Gasteiger partial charge in [0.15, 0.2) is 0 Å². The maximum Gasteiger partial charge on any atom is 0.263 e. The monoisotopic (exact) mass is 388 g/mol. The molecule has 0 unspecified atom stereocenters. The predicted octanol–water partition coefficient (Wildman–Crippen LogP) is 1.52. The summed E-state index contributed by atoms with van der Waals surface area (Å²) >= 11 is 1.30. The van der Waals surface area contributed by atoms with E-state index in [1.807, 2.05) is 0 Å². The molecule has 2 N–H and O–H groups in total. The highest BCUT2D eigenvalue weighted by Gasteiger charge is 2.15. The molecule has 7 nitrogen and oxygen atoms in total. The molecule has 27 heavy (non-hydrogen) atoms. The van der Waals surface area contributed by atoms with Crippen molar-refractivity contribution >= 4 is 33.4 Å². The second-order valence-corrected chi connectivity index (χ2v) is 6.60. The van der Waals surface area contributed by atoms with E-state index >= 15 is 0 Å². The molecular weight excluding hydrogens is 371 g/mol. The number of aromatic nitrogens is 2. The summed E-state index contributed by atoms with van der Waals surface area (Å²) in [5, 5.41) is 7.19. The summed E-state index contributed by atoms with van der Waals surface area (Å²) in [5.41, 5.74) is 0.971. The number of likely N-dealkylation sites (N-methyl/N-ethyl adjacent to an activating group) is 1. The fraction of sp³-hybridized carbons (Fsp3) is 0.222. The van der Waals surface area contributed by atoms with Gasteiger partial charge in [-0.05, 0) is 24.6 Å².